The van der Waals surface area contributed by atoms with Gasteiger partial charge >= 0.3 is 5.97 Å². The summed E-state index contributed by atoms with van der Waals surface area (Å²) in [6, 6.07) is 14.6. The fourth-order valence-corrected chi connectivity index (χ4v) is 2.54. The molecule has 0 spiro atoms. The summed E-state index contributed by atoms with van der Waals surface area (Å²) in [6.07, 6.45) is 0.361. The van der Waals surface area contributed by atoms with Crippen molar-refractivity contribution >= 4 is 17.6 Å². The number of hydrogen-bond acceptors (Lipinski definition) is 3. The Bertz CT molecular complexity index is 722. The molecular weight excluding hydrogens is 318 g/mol. The molecule has 0 radical (unpaired) electrons. The van der Waals surface area contributed by atoms with E-state index in [0.717, 1.165) is 11.3 Å². The monoisotopic (exact) mass is 341 g/mol. The van der Waals surface area contributed by atoms with Crippen molar-refractivity contribution in [3.05, 3.63) is 59.7 Å². The summed E-state index contributed by atoms with van der Waals surface area (Å²) in [4.78, 5) is 23.2. The maximum Gasteiger partial charge on any atom is 0.310 e. The first-order valence-electron chi connectivity index (χ1n) is 8.17. The first kappa shape index (κ1) is 18.5. The highest BCUT2D eigenvalue weighted by Gasteiger charge is 2.14. The molecule has 0 bridgehead atoms. The van der Waals surface area contributed by atoms with E-state index in [2.05, 4.69) is 5.32 Å². The van der Waals surface area contributed by atoms with Crippen LogP contribution in [0.4, 0.5) is 5.69 Å². The molecule has 2 unspecified atom stereocenters. The molecule has 0 saturated carbocycles. The lowest BCUT2D eigenvalue weighted by molar-refractivity contribution is -0.138. The second-order valence-electron chi connectivity index (χ2n) is 6.11. The summed E-state index contributed by atoms with van der Waals surface area (Å²) >= 11 is 0. The summed E-state index contributed by atoms with van der Waals surface area (Å²) in [6.45, 7) is 3.63. The Hall–Kier alpha value is -2.82. The van der Waals surface area contributed by atoms with Gasteiger partial charge in [-0.3, -0.25) is 9.59 Å². The number of carbonyl (C=O) groups is 2. The lowest BCUT2D eigenvalue weighted by Gasteiger charge is -2.13. The van der Waals surface area contributed by atoms with Crippen LogP contribution in [-0.2, 0) is 9.59 Å². The number of carbonyl (C=O) groups excluding carboxylic acids is 1. The third-order valence-electron chi connectivity index (χ3n) is 4.24. The molecule has 2 atom stereocenters. The molecule has 0 aromatic heterocycles. The molecule has 5 heteroatoms. The van der Waals surface area contributed by atoms with Crippen molar-refractivity contribution < 1.29 is 19.4 Å². The summed E-state index contributed by atoms with van der Waals surface area (Å²) in [5.41, 5.74) is 2.44. The molecule has 1 amide bonds. The van der Waals surface area contributed by atoms with E-state index in [1.165, 1.54) is 0 Å². The van der Waals surface area contributed by atoms with Crippen LogP contribution in [0.1, 0.15) is 43.2 Å². The Labute approximate surface area is 147 Å². The van der Waals surface area contributed by atoms with Gasteiger partial charge in [-0.1, -0.05) is 31.2 Å². The van der Waals surface area contributed by atoms with Crippen LogP contribution in [0, 0.1) is 0 Å². The van der Waals surface area contributed by atoms with Crippen LogP contribution in [-0.4, -0.2) is 24.1 Å². The average Bonchev–Trinajstić information content (AvgIpc) is 2.61. The molecule has 2 aromatic rings. The van der Waals surface area contributed by atoms with E-state index in [0.29, 0.717) is 17.7 Å². The van der Waals surface area contributed by atoms with Crippen molar-refractivity contribution in [1.82, 2.24) is 0 Å². The van der Waals surface area contributed by atoms with Gasteiger partial charge < -0.3 is 15.2 Å². The highest BCUT2D eigenvalue weighted by atomic mass is 16.5. The highest BCUT2D eigenvalue weighted by Crippen LogP contribution is 2.23. The van der Waals surface area contributed by atoms with Crippen molar-refractivity contribution in [2.75, 3.05) is 12.4 Å². The molecular formula is C20H23NO4. The number of aliphatic carboxylic acids is 1. The number of nitrogens with one attached hydrogen (secondary N) is 1. The minimum Gasteiger partial charge on any atom is -0.497 e. The van der Waals surface area contributed by atoms with Crippen LogP contribution in [0.3, 0.4) is 0 Å². The minimum atomic E-state index is -0.870. The summed E-state index contributed by atoms with van der Waals surface area (Å²) in [5.74, 6) is -0.652. The molecule has 5 nitrogen and oxygen atoms in total. The van der Waals surface area contributed by atoms with Crippen molar-refractivity contribution in [3.63, 3.8) is 0 Å². The van der Waals surface area contributed by atoms with Gasteiger partial charge in [0, 0.05) is 12.1 Å². The number of amides is 1. The van der Waals surface area contributed by atoms with Gasteiger partial charge in [0.1, 0.15) is 5.75 Å². The number of ether oxygens (including phenoxy) is 1. The molecule has 0 aliphatic rings. The molecule has 132 valence electrons. The van der Waals surface area contributed by atoms with Crippen LogP contribution in [0.5, 0.6) is 5.75 Å². The Morgan fingerprint density at radius 2 is 1.56 bits per heavy atom. The molecule has 0 aliphatic carbocycles. The maximum absolute atomic E-state index is 12.2. The Morgan fingerprint density at radius 1 is 1.00 bits per heavy atom. The van der Waals surface area contributed by atoms with E-state index in [1.807, 2.05) is 31.2 Å². The highest BCUT2D eigenvalue weighted by molar-refractivity contribution is 5.91. The maximum atomic E-state index is 12.2. The van der Waals surface area contributed by atoms with Crippen LogP contribution < -0.4 is 10.1 Å². The van der Waals surface area contributed by atoms with Crippen LogP contribution in [0.25, 0.3) is 0 Å². The van der Waals surface area contributed by atoms with Gasteiger partial charge in [-0.25, -0.2) is 0 Å². The normalized spacial score (nSPS) is 12.9. The predicted octanol–water partition coefficient (Wildman–Crippen LogP) is 4.02. The van der Waals surface area contributed by atoms with Gasteiger partial charge in [0.2, 0.25) is 5.91 Å². The number of anilines is 1. The molecule has 0 aliphatic heterocycles. The number of hydrogen-bond donors (Lipinski definition) is 2. The summed E-state index contributed by atoms with van der Waals surface area (Å²) in [5, 5.41) is 11.9. The largest absolute Gasteiger partial charge is 0.497 e. The lowest BCUT2D eigenvalue weighted by atomic mass is 9.97. The van der Waals surface area contributed by atoms with E-state index in [9.17, 15) is 9.59 Å². The van der Waals surface area contributed by atoms with Crippen LogP contribution in [0.15, 0.2) is 48.5 Å². The first-order valence-corrected chi connectivity index (χ1v) is 8.17. The molecule has 2 aromatic carbocycles. The summed E-state index contributed by atoms with van der Waals surface area (Å²) in [7, 11) is 1.62. The topological polar surface area (TPSA) is 75.6 Å². The number of carboxylic acids is 1. The first-order chi connectivity index (χ1) is 11.9. The van der Waals surface area contributed by atoms with Gasteiger partial charge in [0.05, 0.1) is 13.0 Å². The molecule has 0 saturated heterocycles. The van der Waals surface area contributed by atoms with E-state index in [1.54, 1.807) is 38.3 Å². The standard InChI is InChI=1S/C20H23NO4/c1-13(15-6-10-18(25-3)11-7-15)12-19(22)21-17-8-4-16(5-9-17)14(2)20(23)24/h4-11,13-14H,12H2,1-3H3,(H,21,22)(H,23,24). The van der Waals surface area contributed by atoms with Gasteiger partial charge in [-0.05, 0) is 48.2 Å². The van der Waals surface area contributed by atoms with E-state index >= 15 is 0 Å². The number of rotatable bonds is 7. The third kappa shape index (κ3) is 5.08. The number of benzene rings is 2. The van der Waals surface area contributed by atoms with E-state index in [-0.39, 0.29) is 11.8 Å². The lowest BCUT2D eigenvalue weighted by Crippen LogP contribution is -2.14. The SMILES string of the molecule is COc1ccc(C(C)CC(=O)Nc2ccc(C(C)C(=O)O)cc2)cc1. The fourth-order valence-electron chi connectivity index (χ4n) is 2.54. The Morgan fingerprint density at radius 3 is 2.08 bits per heavy atom. The molecule has 25 heavy (non-hydrogen) atoms. The van der Waals surface area contributed by atoms with Crippen molar-refractivity contribution in [3.8, 4) is 5.75 Å². The molecule has 0 heterocycles. The zero-order chi connectivity index (χ0) is 18.4. The second kappa shape index (κ2) is 8.33. The smallest absolute Gasteiger partial charge is 0.310 e. The van der Waals surface area contributed by atoms with Gasteiger partial charge in [0.25, 0.3) is 0 Å². The molecule has 2 N–H and O–H groups in total. The number of carboxylic acid groups (broad SMARTS) is 1. The van der Waals surface area contributed by atoms with Crippen LogP contribution >= 0.6 is 0 Å². The zero-order valence-electron chi connectivity index (χ0n) is 14.7. The molecule has 2 rings (SSSR count). The Balaban J connectivity index is 1.93. The van der Waals surface area contributed by atoms with Crippen LogP contribution in [0.2, 0.25) is 0 Å². The van der Waals surface area contributed by atoms with Gasteiger partial charge in [-0.2, -0.15) is 0 Å². The average molecular weight is 341 g/mol. The predicted molar refractivity (Wildman–Crippen MR) is 97.1 cm³/mol. The quantitative estimate of drug-likeness (QED) is 0.798. The Kier molecular flexibility index (Phi) is 6.17. The van der Waals surface area contributed by atoms with E-state index < -0.39 is 11.9 Å². The molecule has 0 fully saturated rings. The zero-order valence-corrected chi connectivity index (χ0v) is 14.7. The van der Waals surface area contributed by atoms with E-state index in [4.69, 9.17) is 9.84 Å². The van der Waals surface area contributed by atoms with Crippen molar-refractivity contribution in [2.24, 2.45) is 0 Å². The number of methoxy groups -OCH3 is 1. The van der Waals surface area contributed by atoms with Gasteiger partial charge in [0.15, 0.2) is 0 Å². The summed E-state index contributed by atoms with van der Waals surface area (Å²) < 4.78 is 5.13. The fraction of sp³-hybridized carbons (Fsp3) is 0.300. The third-order valence-corrected chi connectivity index (χ3v) is 4.24. The van der Waals surface area contributed by atoms with Crippen molar-refractivity contribution in [2.45, 2.75) is 32.1 Å². The van der Waals surface area contributed by atoms with Gasteiger partial charge in [-0.15, -0.1) is 0 Å². The second-order valence-corrected chi connectivity index (χ2v) is 6.11. The van der Waals surface area contributed by atoms with Crippen molar-refractivity contribution in [1.29, 1.82) is 0 Å². The minimum absolute atomic E-state index is 0.0808.